The molecular formula is C17H17N3O2S. The number of carbonyl (C=O) groups excluding carboxylic acids is 1. The molecule has 2 aromatic rings. The van der Waals surface area contributed by atoms with Gasteiger partial charge in [-0.05, 0) is 24.6 Å². The Morgan fingerprint density at radius 1 is 1.52 bits per heavy atom. The van der Waals surface area contributed by atoms with Crippen LogP contribution < -0.4 is 4.87 Å². The van der Waals surface area contributed by atoms with Crippen LogP contribution in [0.5, 0.6) is 0 Å². The summed E-state index contributed by atoms with van der Waals surface area (Å²) in [5.74, 6) is -0.157. The molecule has 0 bridgehead atoms. The first-order chi connectivity index (χ1) is 11.0. The predicted molar refractivity (Wildman–Crippen MR) is 90.1 cm³/mol. The van der Waals surface area contributed by atoms with Crippen molar-refractivity contribution < 1.29 is 4.79 Å². The average Bonchev–Trinajstić information content (AvgIpc) is 2.86. The molecule has 0 aliphatic rings. The lowest BCUT2D eigenvalue weighted by Gasteiger charge is -2.22. The summed E-state index contributed by atoms with van der Waals surface area (Å²) in [6, 6.07) is 9.22. The van der Waals surface area contributed by atoms with E-state index in [1.807, 2.05) is 6.07 Å². The number of thiazole rings is 1. The van der Waals surface area contributed by atoms with Gasteiger partial charge in [0.05, 0.1) is 11.6 Å². The zero-order valence-corrected chi connectivity index (χ0v) is 13.7. The molecule has 0 radical (unpaired) electrons. The van der Waals surface area contributed by atoms with E-state index in [1.165, 1.54) is 4.57 Å². The fourth-order valence-corrected chi connectivity index (χ4v) is 2.94. The number of rotatable bonds is 6. The monoisotopic (exact) mass is 327 g/mol. The van der Waals surface area contributed by atoms with E-state index in [-0.39, 0.29) is 17.3 Å². The second-order valence-electron chi connectivity index (χ2n) is 5.10. The number of aryl methyl sites for hydroxylation is 1. The molecule has 1 aromatic heterocycles. The van der Waals surface area contributed by atoms with Crippen molar-refractivity contribution in [3.8, 4) is 6.07 Å². The van der Waals surface area contributed by atoms with Crippen molar-refractivity contribution in [2.24, 2.45) is 0 Å². The van der Waals surface area contributed by atoms with Gasteiger partial charge >= 0.3 is 4.87 Å². The van der Waals surface area contributed by atoms with Gasteiger partial charge in [-0.3, -0.25) is 14.2 Å². The summed E-state index contributed by atoms with van der Waals surface area (Å²) in [4.78, 5) is 25.8. The van der Waals surface area contributed by atoms with Gasteiger partial charge in [-0.2, -0.15) is 5.26 Å². The average molecular weight is 327 g/mol. The highest BCUT2D eigenvalue weighted by molar-refractivity contribution is 7.07. The van der Waals surface area contributed by atoms with Gasteiger partial charge < -0.3 is 4.90 Å². The molecule has 0 aliphatic carbocycles. The summed E-state index contributed by atoms with van der Waals surface area (Å²) in [6.07, 6.45) is 1.65. The Labute approximate surface area is 138 Å². The Morgan fingerprint density at radius 3 is 2.91 bits per heavy atom. The van der Waals surface area contributed by atoms with Gasteiger partial charge in [0.1, 0.15) is 6.54 Å². The van der Waals surface area contributed by atoms with Crippen LogP contribution in [0.25, 0.3) is 0 Å². The summed E-state index contributed by atoms with van der Waals surface area (Å²) in [6.45, 7) is 6.25. The third-order valence-electron chi connectivity index (χ3n) is 3.40. The van der Waals surface area contributed by atoms with Crippen LogP contribution in [-0.2, 0) is 17.9 Å². The van der Waals surface area contributed by atoms with E-state index in [4.69, 9.17) is 5.26 Å². The van der Waals surface area contributed by atoms with Crippen LogP contribution >= 0.6 is 11.3 Å². The van der Waals surface area contributed by atoms with Crippen molar-refractivity contribution >= 4 is 17.2 Å². The molecule has 0 atom stereocenters. The van der Waals surface area contributed by atoms with Crippen LogP contribution in [-0.4, -0.2) is 21.9 Å². The van der Waals surface area contributed by atoms with Crippen molar-refractivity contribution in [3.05, 3.63) is 68.8 Å². The van der Waals surface area contributed by atoms with Gasteiger partial charge in [0.15, 0.2) is 0 Å². The van der Waals surface area contributed by atoms with Gasteiger partial charge in [-0.1, -0.05) is 29.5 Å². The molecule has 0 aliphatic heterocycles. The van der Waals surface area contributed by atoms with Crippen molar-refractivity contribution in [1.29, 1.82) is 5.26 Å². The number of benzene rings is 1. The summed E-state index contributed by atoms with van der Waals surface area (Å²) in [7, 11) is 0. The lowest BCUT2D eigenvalue weighted by atomic mass is 10.1. The number of hydrogen-bond acceptors (Lipinski definition) is 4. The van der Waals surface area contributed by atoms with Gasteiger partial charge in [0.25, 0.3) is 0 Å². The SMILES string of the molecule is C=CCN(Cc1cccc(C#N)c1)C(=O)Cn1c(C)csc1=O. The molecule has 5 nitrogen and oxygen atoms in total. The van der Waals surface area contributed by atoms with Crippen molar-refractivity contribution in [2.45, 2.75) is 20.0 Å². The third-order valence-corrected chi connectivity index (χ3v) is 4.28. The molecule has 1 aromatic carbocycles. The number of nitriles is 1. The molecule has 2 rings (SSSR count). The van der Waals surface area contributed by atoms with E-state index >= 15 is 0 Å². The van der Waals surface area contributed by atoms with E-state index in [0.29, 0.717) is 18.7 Å². The molecule has 0 unspecified atom stereocenters. The van der Waals surface area contributed by atoms with Crippen molar-refractivity contribution in [1.82, 2.24) is 9.47 Å². The third kappa shape index (κ3) is 4.18. The summed E-state index contributed by atoms with van der Waals surface area (Å²) < 4.78 is 1.47. The van der Waals surface area contributed by atoms with Crippen LogP contribution in [0.15, 0.2) is 47.1 Å². The smallest absolute Gasteiger partial charge is 0.307 e. The zero-order valence-electron chi connectivity index (χ0n) is 12.9. The number of amides is 1. The topological polar surface area (TPSA) is 66.1 Å². The molecular weight excluding hydrogens is 310 g/mol. The fourth-order valence-electron chi connectivity index (χ4n) is 2.20. The van der Waals surface area contributed by atoms with E-state index in [0.717, 1.165) is 22.6 Å². The summed E-state index contributed by atoms with van der Waals surface area (Å²) >= 11 is 1.09. The van der Waals surface area contributed by atoms with E-state index < -0.39 is 0 Å². The molecule has 0 saturated heterocycles. The Kier molecular flexibility index (Phi) is 5.50. The molecule has 0 fully saturated rings. The van der Waals surface area contributed by atoms with Crippen molar-refractivity contribution in [2.75, 3.05) is 6.54 Å². The number of aromatic nitrogens is 1. The number of hydrogen-bond donors (Lipinski definition) is 0. The number of nitrogens with zero attached hydrogens (tertiary/aromatic N) is 3. The second kappa shape index (κ2) is 7.56. The summed E-state index contributed by atoms with van der Waals surface area (Å²) in [5, 5.41) is 10.7. The van der Waals surface area contributed by atoms with Gasteiger partial charge in [-0.15, -0.1) is 6.58 Å². The molecule has 1 amide bonds. The maximum atomic E-state index is 12.5. The van der Waals surface area contributed by atoms with Gasteiger partial charge in [0.2, 0.25) is 5.91 Å². The first kappa shape index (κ1) is 16.7. The van der Waals surface area contributed by atoms with Crippen LogP contribution in [0.4, 0.5) is 0 Å². The fraction of sp³-hybridized carbons (Fsp3) is 0.235. The first-order valence-electron chi connectivity index (χ1n) is 7.07. The molecule has 1 heterocycles. The quantitative estimate of drug-likeness (QED) is 0.765. The molecule has 6 heteroatoms. The first-order valence-corrected chi connectivity index (χ1v) is 7.95. The predicted octanol–water partition coefficient (Wildman–Crippen LogP) is 2.30. The minimum atomic E-state index is -0.157. The maximum Gasteiger partial charge on any atom is 0.307 e. The van der Waals surface area contributed by atoms with Crippen LogP contribution in [0.3, 0.4) is 0 Å². The Hall–Kier alpha value is -2.65. The van der Waals surface area contributed by atoms with E-state index in [9.17, 15) is 9.59 Å². The molecule has 0 spiro atoms. The lowest BCUT2D eigenvalue weighted by molar-refractivity contribution is -0.132. The highest BCUT2D eigenvalue weighted by atomic mass is 32.1. The highest BCUT2D eigenvalue weighted by Crippen LogP contribution is 2.09. The zero-order chi connectivity index (χ0) is 16.8. The van der Waals surface area contributed by atoms with E-state index in [2.05, 4.69) is 12.6 Å². The second-order valence-corrected chi connectivity index (χ2v) is 5.92. The Balaban J connectivity index is 2.17. The van der Waals surface area contributed by atoms with Gasteiger partial charge in [-0.25, -0.2) is 0 Å². The molecule has 118 valence electrons. The lowest BCUT2D eigenvalue weighted by Crippen LogP contribution is -2.35. The normalized spacial score (nSPS) is 10.1. The molecule has 0 N–H and O–H groups in total. The van der Waals surface area contributed by atoms with E-state index in [1.54, 1.807) is 41.5 Å². The summed E-state index contributed by atoms with van der Waals surface area (Å²) in [5.41, 5.74) is 2.20. The minimum absolute atomic E-state index is 0.0138. The Bertz CT molecular complexity index is 814. The Morgan fingerprint density at radius 2 is 2.30 bits per heavy atom. The van der Waals surface area contributed by atoms with Crippen LogP contribution in [0.2, 0.25) is 0 Å². The standard InChI is InChI=1S/C17H17N3O2S/c1-3-7-19(10-15-6-4-5-14(8-15)9-18)16(21)11-20-13(2)12-23-17(20)22/h3-6,8,12H,1,7,10-11H2,2H3. The van der Waals surface area contributed by atoms with Crippen LogP contribution in [0, 0.1) is 18.3 Å². The number of carbonyl (C=O) groups is 1. The highest BCUT2D eigenvalue weighted by Gasteiger charge is 2.15. The molecule has 23 heavy (non-hydrogen) atoms. The minimum Gasteiger partial charge on any atom is -0.333 e. The molecule has 0 saturated carbocycles. The van der Waals surface area contributed by atoms with Crippen LogP contribution in [0.1, 0.15) is 16.8 Å². The largest absolute Gasteiger partial charge is 0.333 e. The maximum absolute atomic E-state index is 12.5. The van der Waals surface area contributed by atoms with Crippen molar-refractivity contribution in [3.63, 3.8) is 0 Å². The van der Waals surface area contributed by atoms with Gasteiger partial charge in [0, 0.05) is 24.2 Å².